The van der Waals surface area contributed by atoms with E-state index in [0.717, 1.165) is 18.4 Å². The van der Waals surface area contributed by atoms with Gasteiger partial charge >= 0.3 is 0 Å². The lowest BCUT2D eigenvalue weighted by Crippen LogP contribution is -2.53. The van der Waals surface area contributed by atoms with E-state index in [0.29, 0.717) is 19.5 Å². The Hall–Kier alpha value is -1.86. The summed E-state index contributed by atoms with van der Waals surface area (Å²) in [5.74, 6) is 0.0596. The Morgan fingerprint density at radius 3 is 2.48 bits per heavy atom. The molecule has 25 heavy (non-hydrogen) atoms. The molecule has 1 aromatic carbocycles. The van der Waals surface area contributed by atoms with Crippen LogP contribution < -0.4 is 5.73 Å². The van der Waals surface area contributed by atoms with Crippen LogP contribution in [0.1, 0.15) is 36.8 Å². The van der Waals surface area contributed by atoms with Crippen molar-refractivity contribution in [1.29, 1.82) is 0 Å². The van der Waals surface area contributed by atoms with Gasteiger partial charge in [0.2, 0.25) is 0 Å². The first kappa shape index (κ1) is 16.6. The van der Waals surface area contributed by atoms with Crippen LogP contribution in [0.5, 0.6) is 0 Å². The Balaban J connectivity index is 1.59. The van der Waals surface area contributed by atoms with Crippen LogP contribution in [-0.2, 0) is 0 Å². The van der Waals surface area contributed by atoms with Crippen LogP contribution in [0.15, 0.2) is 36.9 Å². The zero-order valence-electron chi connectivity index (χ0n) is 14.0. The zero-order valence-corrected chi connectivity index (χ0v) is 14.0. The first-order valence-electron chi connectivity index (χ1n) is 8.83. The lowest BCUT2D eigenvalue weighted by atomic mass is 9.96. The van der Waals surface area contributed by atoms with Crippen LogP contribution in [0.4, 0.5) is 8.78 Å². The molecule has 2 N–H and O–H groups in total. The maximum Gasteiger partial charge on any atom is 0.137 e. The van der Waals surface area contributed by atoms with Gasteiger partial charge in [0.15, 0.2) is 0 Å². The molecule has 1 saturated heterocycles. The molecule has 134 valence electrons. The van der Waals surface area contributed by atoms with Gasteiger partial charge in [-0.1, -0.05) is 12.1 Å². The van der Waals surface area contributed by atoms with Gasteiger partial charge in [-0.2, -0.15) is 5.10 Å². The van der Waals surface area contributed by atoms with E-state index in [1.165, 1.54) is 18.5 Å². The van der Waals surface area contributed by atoms with Gasteiger partial charge in [-0.05, 0) is 42.9 Å². The molecule has 1 aromatic heterocycles. The molecule has 2 aliphatic rings. The van der Waals surface area contributed by atoms with Gasteiger partial charge in [-0.25, -0.2) is 18.4 Å². The maximum absolute atomic E-state index is 14.1. The number of hydrogen-bond acceptors (Lipinski definition) is 4. The van der Waals surface area contributed by atoms with Gasteiger partial charge < -0.3 is 5.73 Å². The third kappa shape index (κ3) is 3.43. The summed E-state index contributed by atoms with van der Waals surface area (Å²) >= 11 is 0. The van der Waals surface area contributed by atoms with E-state index < -0.39 is 6.17 Å². The van der Waals surface area contributed by atoms with E-state index >= 15 is 0 Å². The fraction of sp³-hybridized carbons (Fsp3) is 0.556. The van der Waals surface area contributed by atoms with Crippen LogP contribution in [0.3, 0.4) is 0 Å². The Morgan fingerprint density at radius 2 is 1.80 bits per heavy atom. The van der Waals surface area contributed by atoms with Crippen molar-refractivity contribution in [1.82, 2.24) is 19.7 Å². The van der Waals surface area contributed by atoms with E-state index in [1.807, 2.05) is 16.8 Å². The van der Waals surface area contributed by atoms with E-state index in [2.05, 4.69) is 15.0 Å². The minimum atomic E-state index is -0.884. The Labute approximate surface area is 145 Å². The number of aromatic nitrogens is 3. The first-order valence-corrected chi connectivity index (χ1v) is 8.83. The minimum absolute atomic E-state index is 0.120. The zero-order chi connectivity index (χ0) is 17.4. The number of piperidine rings is 1. The highest BCUT2D eigenvalue weighted by molar-refractivity contribution is 5.23. The summed E-state index contributed by atoms with van der Waals surface area (Å²) in [4.78, 5) is 6.25. The Kier molecular flexibility index (Phi) is 4.52. The lowest BCUT2D eigenvalue weighted by Gasteiger charge is -2.39. The molecular weight excluding hydrogens is 324 g/mol. The Bertz CT molecular complexity index is 680. The van der Waals surface area contributed by atoms with Crippen LogP contribution in [0, 0.1) is 5.82 Å². The highest BCUT2D eigenvalue weighted by Crippen LogP contribution is 2.43. The van der Waals surface area contributed by atoms with Gasteiger partial charge in [0.25, 0.3) is 0 Å². The normalized spacial score (nSPS) is 33.6. The standard InChI is InChI=1S/C18H23F2N5/c19-14-3-1-12(2-4-14)13-5-17(18(6-13)25-11-22-10-23-25)24-8-15(20)7-16(21)9-24/h1-4,10-11,13,15-18H,5-9,21H2/t13?,15-,16-,17-,18-/m1/s1. The highest BCUT2D eigenvalue weighted by Gasteiger charge is 2.42. The second-order valence-corrected chi connectivity index (χ2v) is 7.28. The number of nitrogens with two attached hydrogens (primary N) is 1. The molecule has 2 aromatic rings. The summed E-state index contributed by atoms with van der Waals surface area (Å²) < 4.78 is 29.2. The molecule has 7 heteroatoms. The van der Waals surface area contributed by atoms with Crippen molar-refractivity contribution < 1.29 is 8.78 Å². The number of rotatable bonds is 3. The molecule has 2 heterocycles. The quantitative estimate of drug-likeness (QED) is 0.925. The van der Waals surface area contributed by atoms with Crippen LogP contribution in [0.25, 0.3) is 0 Å². The fourth-order valence-corrected chi connectivity index (χ4v) is 4.44. The van der Waals surface area contributed by atoms with E-state index in [-0.39, 0.29) is 29.9 Å². The van der Waals surface area contributed by atoms with Gasteiger partial charge in [0.1, 0.15) is 24.6 Å². The molecular formula is C18H23F2N5. The second kappa shape index (κ2) is 6.80. The number of halogens is 2. The van der Waals surface area contributed by atoms with Crippen molar-refractivity contribution in [3.05, 3.63) is 48.3 Å². The van der Waals surface area contributed by atoms with E-state index in [1.54, 1.807) is 6.33 Å². The number of nitrogens with zero attached hydrogens (tertiary/aromatic N) is 4. The summed E-state index contributed by atoms with van der Waals surface area (Å²) in [6.07, 6.45) is 4.56. The third-order valence-electron chi connectivity index (χ3n) is 5.54. The largest absolute Gasteiger partial charge is 0.326 e. The summed E-state index contributed by atoms with van der Waals surface area (Å²) in [6.45, 7) is 1.12. The Morgan fingerprint density at radius 1 is 1.04 bits per heavy atom. The van der Waals surface area contributed by atoms with Crippen molar-refractivity contribution in [3.8, 4) is 0 Å². The molecule has 4 rings (SSSR count). The number of hydrogen-bond donors (Lipinski definition) is 1. The molecule has 1 unspecified atom stereocenters. The SMILES string of the molecule is N[C@@H]1C[C@@H](F)CN([C@@H]2CC(c3ccc(F)cc3)C[C@H]2n2cncn2)C1. The molecule has 5 nitrogen and oxygen atoms in total. The number of likely N-dealkylation sites (tertiary alicyclic amines) is 1. The summed E-state index contributed by atoms with van der Waals surface area (Å²) in [5, 5.41) is 4.32. The monoisotopic (exact) mass is 347 g/mol. The highest BCUT2D eigenvalue weighted by atomic mass is 19.1. The average molecular weight is 347 g/mol. The molecule has 1 saturated carbocycles. The van der Waals surface area contributed by atoms with Crippen molar-refractivity contribution in [3.63, 3.8) is 0 Å². The topological polar surface area (TPSA) is 60.0 Å². The smallest absolute Gasteiger partial charge is 0.137 e. The minimum Gasteiger partial charge on any atom is -0.326 e. The summed E-state index contributed by atoms with van der Waals surface area (Å²) in [5.41, 5.74) is 7.17. The fourth-order valence-electron chi connectivity index (χ4n) is 4.44. The predicted molar refractivity (Wildman–Crippen MR) is 90.3 cm³/mol. The van der Waals surface area contributed by atoms with Gasteiger partial charge in [0, 0.05) is 25.2 Å². The van der Waals surface area contributed by atoms with Gasteiger partial charge in [-0.15, -0.1) is 0 Å². The third-order valence-corrected chi connectivity index (χ3v) is 5.54. The second-order valence-electron chi connectivity index (χ2n) is 7.28. The first-order chi connectivity index (χ1) is 12.1. The molecule has 0 bridgehead atoms. The summed E-state index contributed by atoms with van der Waals surface area (Å²) in [6, 6.07) is 6.84. The molecule has 5 atom stereocenters. The average Bonchev–Trinajstić information content (AvgIpc) is 3.24. The predicted octanol–water partition coefficient (Wildman–Crippen LogP) is 2.28. The molecule has 0 amide bonds. The van der Waals surface area contributed by atoms with Gasteiger partial charge in [-0.3, -0.25) is 4.90 Å². The molecule has 0 spiro atoms. The molecule has 1 aliphatic carbocycles. The van der Waals surface area contributed by atoms with E-state index in [9.17, 15) is 8.78 Å². The van der Waals surface area contributed by atoms with Crippen LogP contribution in [-0.4, -0.2) is 51.0 Å². The molecule has 0 radical (unpaired) electrons. The van der Waals surface area contributed by atoms with Crippen molar-refractivity contribution in [2.45, 2.75) is 49.5 Å². The van der Waals surface area contributed by atoms with Gasteiger partial charge in [0.05, 0.1) is 6.04 Å². The van der Waals surface area contributed by atoms with E-state index in [4.69, 9.17) is 5.73 Å². The molecule has 2 fully saturated rings. The van der Waals surface area contributed by atoms with Crippen molar-refractivity contribution in [2.24, 2.45) is 5.73 Å². The van der Waals surface area contributed by atoms with Crippen molar-refractivity contribution >= 4 is 0 Å². The summed E-state index contributed by atoms with van der Waals surface area (Å²) in [7, 11) is 0. The lowest BCUT2D eigenvalue weighted by molar-refractivity contribution is 0.0690. The molecule has 1 aliphatic heterocycles. The van der Waals surface area contributed by atoms with Crippen LogP contribution >= 0.6 is 0 Å². The van der Waals surface area contributed by atoms with Crippen LogP contribution in [0.2, 0.25) is 0 Å². The van der Waals surface area contributed by atoms with Crippen molar-refractivity contribution in [2.75, 3.05) is 13.1 Å². The number of benzene rings is 1. The maximum atomic E-state index is 14.1. The number of alkyl halides is 1.